The predicted molar refractivity (Wildman–Crippen MR) is 45.7 cm³/mol. The van der Waals surface area contributed by atoms with E-state index in [9.17, 15) is 10.2 Å². The molecule has 0 fully saturated rings. The minimum atomic E-state index is 0.0622. The Bertz CT molecular complexity index is 281. The van der Waals surface area contributed by atoms with Gasteiger partial charge in [0.25, 0.3) is 0 Å². The van der Waals surface area contributed by atoms with Gasteiger partial charge < -0.3 is 14.9 Å². The third-order valence-corrected chi connectivity index (χ3v) is 1.65. The second kappa shape index (κ2) is 3.34. The smallest absolute Gasteiger partial charge is 0.167 e. The summed E-state index contributed by atoms with van der Waals surface area (Å²) in [6, 6.07) is 2.85. The third kappa shape index (κ3) is 1.44. The van der Waals surface area contributed by atoms with Crippen LogP contribution in [0.2, 0.25) is 0 Å². The van der Waals surface area contributed by atoms with Gasteiger partial charge in [0, 0.05) is 5.56 Å². The van der Waals surface area contributed by atoms with Crippen LogP contribution in [0.4, 0.5) is 0 Å². The number of rotatable bonds is 2. The van der Waals surface area contributed by atoms with Gasteiger partial charge in [0.2, 0.25) is 0 Å². The molecule has 0 saturated heterocycles. The molecule has 0 aromatic heterocycles. The summed E-state index contributed by atoms with van der Waals surface area (Å²) < 4.78 is 5.14. The molecule has 0 unspecified atom stereocenters. The minimum absolute atomic E-state index is 0.0622. The zero-order valence-electron chi connectivity index (χ0n) is 7.16. The molecule has 0 aliphatic heterocycles. The molecule has 12 heavy (non-hydrogen) atoms. The van der Waals surface area contributed by atoms with Crippen molar-refractivity contribution in [2.24, 2.45) is 0 Å². The summed E-state index contributed by atoms with van der Waals surface area (Å²) >= 11 is 0. The molecule has 0 heterocycles. The highest BCUT2D eigenvalue weighted by molar-refractivity contribution is 5.51. The van der Waals surface area contributed by atoms with Crippen molar-refractivity contribution >= 4 is 0 Å². The summed E-state index contributed by atoms with van der Waals surface area (Å²) in [4.78, 5) is 0. The topological polar surface area (TPSA) is 49.7 Å². The van der Waals surface area contributed by atoms with Gasteiger partial charge in [-0.3, -0.25) is 0 Å². The Kier molecular flexibility index (Phi) is 2.43. The van der Waals surface area contributed by atoms with Crippen molar-refractivity contribution < 1.29 is 14.9 Å². The molecule has 0 aliphatic carbocycles. The SMILES string of the molecule is CCOc1c(O)ccc(O)c1C. The quantitative estimate of drug-likeness (QED) is 0.662. The van der Waals surface area contributed by atoms with Crippen LogP contribution in [-0.2, 0) is 0 Å². The lowest BCUT2D eigenvalue weighted by molar-refractivity contribution is 0.312. The second-order valence-electron chi connectivity index (χ2n) is 2.49. The highest BCUT2D eigenvalue weighted by Gasteiger charge is 2.08. The molecule has 66 valence electrons. The van der Waals surface area contributed by atoms with Crippen LogP contribution < -0.4 is 4.74 Å². The van der Waals surface area contributed by atoms with Crippen molar-refractivity contribution in [2.75, 3.05) is 6.61 Å². The molecule has 0 bridgehead atoms. The minimum Gasteiger partial charge on any atom is -0.508 e. The number of hydrogen-bond donors (Lipinski definition) is 2. The molecular formula is C9H12O3. The van der Waals surface area contributed by atoms with Gasteiger partial charge in [-0.05, 0) is 26.0 Å². The molecule has 0 saturated carbocycles. The fraction of sp³-hybridized carbons (Fsp3) is 0.333. The van der Waals surface area contributed by atoms with Gasteiger partial charge in [-0.15, -0.1) is 0 Å². The summed E-state index contributed by atoms with van der Waals surface area (Å²) in [6.45, 7) is 3.99. The number of hydrogen-bond acceptors (Lipinski definition) is 3. The van der Waals surface area contributed by atoms with Crippen LogP contribution in [0.15, 0.2) is 12.1 Å². The first-order valence-corrected chi connectivity index (χ1v) is 3.81. The maximum Gasteiger partial charge on any atom is 0.167 e. The number of ether oxygens (including phenoxy) is 1. The first-order valence-electron chi connectivity index (χ1n) is 3.81. The summed E-state index contributed by atoms with van der Waals surface area (Å²) in [5.41, 5.74) is 0.567. The van der Waals surface area contributed by atoms with Crippen LogP contribution >= 0.6 is 0 Å². The molecule has 0 radical (unpaired) electrons. The molecule has 2 N–H and O–H groups in total. The van der Waals surface area contributed by atoms with Crippen LogP contribution in [-0.4, -0.2) is 16.8 Å². The number of phenolic OH excluding ortho intramolecular Hbond substituents is 2. The van der Waals surface area contributed by atoms with Gasteiger partial charge in [-0.2, -0.15) is 0 Å². The molecule has 0 atom stereocenters. The van der Waals surface area contributed by atoms with Crippen molar-refractivity contribution in [3.05, 3.63) is 17.7 Å². The normalized spacial score (nSPS) is 9.83. The van der Waals surface area contributed by atoms with E-state index in [0.29, 0.717) is 17.9 Å². The van der Waals surface area contributed by atoms with E-state index in [1.807, 2.05) is 6.92 Å². The van der Waals surface area contributed by atoms with Gasteiger partial charge in [0.05, 0.1) is 6.61 Å². The van der Waals surface area contributed by atoms with Gasteiger partial charge in [-0.1, -0.05) is 0 Å². The molecular weight excluding hydrogens is 156 g/mol. The summed E-state index contributed by atoms with van der Waals surface area (Å²) in [5, 5.41) is 18.6. The standard InChI is InChI=1S/C9H12O3/c1-3-12-9-6(2)7(10)4-5-8(9)11/h4-5,10-11H,3H2,1-2H3. The Morgan fingerprint density at radius 2 is 1.83 bits per heavy atom. The maximum atomic E-state index is 9.31. The monoisotopic (exact) mass is 168 g/mol. The van der Waals surface area contributed by atoms with Gasteiger partial charge in [0.15, 0.2) is 11.5 Å². The van der Waals surface area contributed by atoms with E-state index >= 15 is 0 Å². The lowest BCUT2D eigenvalue weighted by Gasteiger charge is -2.09. The highest BCUT2D eigenvalue weighted by atomic mass is 16.5. The van der Waals surface area contributed by atoms with E-state index in [-0.39, 0.29) is 11.5 Å². The van der Waals surface area contributed by atoms with E-state index in [2.05, 4.69) is 0 Å². The van der Waals surface area contributed by atoms with E-state index in [1.165, 1.54) is 12.1 Å². The molecule has 1 aromatic rings. The Morgan fingerprint density at radius 1 is 1.25 bits per heavy atom. The zero-order valence-corrected chi connectivity index (χ0v) is 7.16. The van der Waals surface area contributed by atoms with E-state index < -0.39 is 0 Å². The molecule has 0 aliphatic rings. The van der Waals surface area contributed by atoms with Gasteiger partial charge in [-0.25, -0.2) is 0 Å². The van der Waals surface area contributed by atoms with Crippen LogP contribution in [0.25, 0.3) is 0 Å². The van der Waals surface area contributed by atoms with Crippen LogP contribution in [0.3, 0.4) is 0 Å². The molecule has 3 heteroatoms. The Morgan fingerprint density at radius 3 is 2.42 bits per heavy atom. The lowest BCUT2D eigenvalue weighted by atomic mass is 10.2. The Labute approximate surface area is 71.2 Å². The zero-order chi connectivity index (χ0) is 9.14. The fourth-order valence-electron chi connectivity index (χ4n) is 0.994. The third-order valence-electron chi connectivity index (χ3n) is 1.65. The predicted octanol–water partition coefficient (Wildman–Crippen LogP) is 1.80. The Hall–Kier alpha value is -1.38. The molecule has 1 rings (SSSR count). The number of phenols is 2. The van der Waals surface area contributed by atoms with Crippen LogP contribution in [0.1, 0.15) is 12.5 Å². The van der Waals surface area contributed by atoms with Crippen molar-refractivity contribution in [3.63, 3.8) is 0 Å². The number of aromatic hydroxyl groups is 2. The van der Waals surface area contributed by atoms with E-state index in [0.717, 1.165) is 0 Å². The van der Waals surface area contributed by atoms with E-state index in [4.69, 9.17) is 4.74 Å². The Balaban J connectivity index is 3.14. The summed E-state index contributed by atoms with van der Waals surface area (Å²) in [7, 11) is 0. The largest absolute Gasteiger partial charge is 0.508 e. The maximum absolute atomic E-state index is 9.31. The molecule has 3 nitrogen and oxygen atoms in total. The highest BCUT2D eigenvalue weighted by Crippen LogP contribution is 2.35. The van der Waals surface area contributed by atoms with Crippen molar-refractivity contribution in [2.45, 2.75) is 13.8 Å². The molecule has 0 amide bonds. The number of benzene rings is 1. The summed E-state index contributed by atoms with van der Waals surface area (Å²) in [5.74, 6) is 0.556. The van der Waals surface area contributed by atoms with Crippen LogP contribution in [0, 0.1) is 6.92 Å². The first kappa shape index (κ1) is 8.71. The summed E-state index contributed by atoms with van der Waals surface area (Å²) in [6.07, 6.45) is 0. The van der Waals surface area contributed by atoms with E-state index in [1.54, 1.807) is 6.92 Å². The molecule has 0 spiro atoms. The van der Waals surface area contributed by atoms with Crippen molar-refractivity contribution in [3.8, 4) is 17.2 Å². The average molecular weight is 168 g/mol. The lowest BCUT2D eigenvalue weighted by Crippen LogP contribution is -1.94. The second-order valence-corrected chi connectivity index (χ2v) is 2.49. The fourth-order valence-corrected chi connectivity index (χ4v) is 0.994. The van der Waals surface area contributed by atoms with Crippen LogP contribution in [0.5, 0.6) is 17.2 Å². The first-order chi connectivity index (χ1) is 5.66. The molecule has 1 aromatic carbocycles. The van der Waals surface area contributed by atoms with Crippen molar-refractivity contribution in [1.82, 2.24) is 0 Å². The van der Waals surface area contributed by atoms with Gasteiger partial charge in [0.1, 0.15) is 5.75 Å². The average Bonchev–Trinajstić information content (AvgIpc) is 2.06. The van der Waals surface area contributed by atoms with Crippen molar-refractivity contribution in [1.29, 1.82) is 0 Å². The van der Waals surface area contributed by atoms with Gasteiger partial charge >= 0.3 is 0 Å².